The summed E-state index contributed by atoms with van der Waals surface area (Å²) in [4.78, 5) is 0. The van der Waals surface area contributed by atoms with E-state index in [2.05, 4.69) is 55.5 Å². The predicted octanol–water partition coefficient (Wildman–Crippen LogP) is 8.49. The lowest BCUT2D eigenvalue weighted by atomic mass is 9.71. The second-order valence-electron chi connectivity index (χ2n) is 9.84. The number of halogens is 2. The molecule has 2 aromatic rings. The number of rotatable bonds is 6. The maximum Gasteiger partial charge on any atom is 0.162 e. The molecule has 170 valence electrons. The Balaban J connectivity index is 1.30. The Morgan fingerprint density at radius 3 is 2.22 bits per heavy atom. The van der Waals surface area contributed by atoms with Gasteiger partial charge in [-0.2, -0.15) is 0 Å². The van der Waals surface area contributed by atoms with Gasteiger partial charge in [0.2, 0.25) is 0 Å². The average molecular weight is 435 g/mol. The zero-order valence-electron chi connectivity index (χ0n) is 19.5. The van der Waals surface area contributed by atoms with Gasteiger partial charge in [-0.1, -0.05) is 60.7 Å². The lowest BCUT2D eigenvalue weighted by molar-refractivity contribution is 0.237. The van der Waals surface area contributed by atoms with Gasteiger partial charge in [0.1, 0.15) is 0 Å². The van der Waals surface area contributed by atoms with Gasteiger partial charge in [-0.05, 0) is 105 Å². The van der Waals surface area contributed by atoms with Gasteiger partial charge < -0.3 is 0 Å². The first-order chi connectivity index (χ1) is 15.5. The van der Waals surface area contributed by atoms with E-state index in [9.17, 15) is 8.78 Å². The van der Waals surface area contributed by atoms with Crippen molar-refractivity contribution in [2.45, 2.75) is 71.1 Å². The minimum absolute atomic E-state index is 0.361. The molecule has 0 spiro atoms. The number of aryl methyl sites for hydroxylation is 3. The summed E-state index contributed by atoms with van der Waals surface area (Å²) in [5, 5.41) is 0. The van der Waals surface area contributed by atoms with Crippen LogP contribution in [-0.4, -0.2) is 0 Å². The van der Waals surface area contributed by atoms with Gasteiger partial charge in [-0.15, -0.1) is 0 Å². The molecule has 2 aliphatic rings. The maximum atomic E-state index is 14.1. The summed E-state index contributed by atoms with van der Waals surface area (Å²) in [6, 6.07) is 12.1. The maximum absolute atomic E-state index is 14.1. The van der Waals surface area contributed by atoms with Gasteiger partial charge in [0.15, 0.2) is 11.6 Å². The number of allylic oxidation sites excluding steroid dienone is 4. The molecule has 2 atom stereocenters. The van der Waals surface area contributed by atoms with Crippen LogP contribution in [-0.2, 0) is 12.8 Å². The van der Waals surface area contributed by atoms with Crippen LogP contribution in [0.25, 0.3) is 0 Å². The van der Waals surface area contributed by atoms with Crippen LogP contribution in [0.5, 0.6) is 0 Å². The Bertz CT molecular complexity index is 946. The summed E-state index contributed by atoms with van der Waals surface area (Å²) in [5.41, 5.74) is 3.36. The Morgan fingerprint density at radius 2 is 1.56 bits per heavy atom. The van der Waals surface area contributed by atoms with Gasteiger partial charge in [0.25, 0.3) is 0 Å². The minimum atomic E-state index is -0.717. The third kappa shape index (κ3) is 5.39. The Hall–Kier alpha value is -2.22. The van der Waals surface area contributed by atoms with Crippen molar-refractivity contribution in [1.82, 2.24) is 0 Å². The van der Waals surface area contributed by atoms with Crippen molar-refractivity contribution in [1.29, 1.82) is 0 Å². The molecule has 0 amide bonds. The summed E-state index contributed by atoms with van der Waals surface area (Å²) in [5.74, 6) is 1.51. The van der Waals surface area contributed by atoms with Crippen molar-refractivity contribution in [3.05, 3.63) is 94.6 Å². The van der Waals surface area contributed by atoms with E-state index in [1.54, 1.807) is 19.1 Å². The molecule has 2 aromatic carbocycles. The van der Waals surface area contributed by atoms with E-state index in [4.69, 9.17) is 0 Å². The van der Waals surface area contributed by atoms with Crippen LogP contribution in [0.15, 0.2) is 60.7 Å². The van der Waals surface area contributed by atoms with Gasteiger partial charge in [-0.25, -0.2) is 8.78 Å². The first kappa shape index (κ1) is 23.0. The van der Waals surface area contributed by atoms with E-state index in [-0.39, 0.29) is 0 Å². The molecular weight excluding hydrogens is 398 g/mol. The summed E-state index contributed by atoms with van der Waals surface area (Å²) >= 11 is 0. The first-order valence-electron chi connectivity index (χ1n) is 12.4. The van der Waals surface area contributed by atoms with E-state index < -0.39 is 11.6 Å². The fourth-order valence-corrected chi connectivity index (χ4v) is 5.64. The molecule has 0 radical (unpaired) electrons. The standard InChI is InChI=1S/C30H36F2/c1-3-4-22-6-12-24(13-7-22)26-17-19-27(20-18-26)25-14-8-23(9-15-25)10-16-28-11-5-21(2)29(31)30(28)32/h3-5,8-9,11,14-15,17,19,22,24,26-27H,6-7,10,12-13,16,18,20H2,1-2H3/b4-3+. The summed E-state index contributed by atoms with van der Waals surface area (Å²) < 4.78 is 27.9. The molecule has 0 nitrogen and oxygen atoms in total. The lowest BCUT2D eigenvalue weighted by Crippen LogP contribution is -2.22. The van der Waals surface area contributed by atoms with E-state index in [1.807, 2.05) is 0 Å². The van der Waals surface area contributed by atoms with Crippen molar-refractivity contribution in [2.75, 3.05) is 0 Å². The van der Waals surface area contributed by atoms with E-state index >= 15 is 0 Å². The first-order valence-corrected chi connectivity index (χ1v) is 12.4. The second kappa shape index (κ2) is 10.6. The summed E-state index contributed by atoms with van der Waals surface area (Å²) in [6.07, 6.45) is 18.7. The summed E-state index contributed by atoms with van der Waals surface area (Å²) in [6.45, 7) is 3.73. The van der Waals surface area contributed by atoms with Crippen molar-refractivity contribution < 1.29 is 8.78 Å². The molecule has 1 saturated carbocycles. The van der Waals surface area contributed by atoms with Crippen molar-refractivity contribution in [2.24, 2.45) is 17.8 Å². The van der Waals surface area contributed by atoms with Crippen LogP contribution < -0.4 is 0 Å². The highest BCUT2D eigenvalue weighted by molar-refractivity contribution is 5.31. The third-order valence-electron chi connectivity index (χ3n) is 7.73. The average Bonchev–Trinajstić information content (AvgIpc) is 2.83. The van der Waals surface area contributed by atoms with Gasteiger partial charge >= 0.3 is 0 Å². The summed E-state index contributed by atoms with van der Waals surface area (Å²) in [7, 11) is 0. The highest BCUT2D eigenvalue weighted by Crippen LogP contribution is 2.40. The van der Waals surface area contributed by atoms with Gasteiger partial charge in [-0.3, -0.25) is 0 Å². The van der Waals surface area contributed by atoms with Crippen molar-refractivity contribution >= 4 is 0 Å². The highest BCUT2D eigenvalue weighted by Gasteiger charge is 2.27. The fourth-order valence-electron chi connectivity index (χ4n) is 5.64. The van der Waals surface area contributed by atoms with E-state index in [1.165, 1.54) is 49.7 Å². The van der Waals surface area contributed by atoms with Gasteiger partial charge in [0.05, 0.1) is 0 Å². The second-order valence-corrected chi connectivity index (χ2v) is 9.84. The zero-order chi connectivity index (χ0) is 22.5. The van der Waals surface area contributed by atoms with Crippen LogP contribution in [0, 0.1) is 36.3 Å². The van der Waals surface area contributed by atoms with Crippen molar-refractivity contribution in [3.63, 3.8) is 0 Å². The monoisotopic (exact) mass is 434 g/mol. The molecule has 4 rings (SSSR count). The largest absolute Gasteiger partial charge is 0.203 e. The molecule has 0 aliphatic heterocycles. The van der Waals surface area contributed by atoms with Crippen molar-refractivity contribution in [3.8, 4) is 0 Å². The van der Waals surface area contributed by atoms with Crippen LogP contribution in [0.2, 0.25) is 0 Å². The molecule has 32 heavy (non-hydrogen) atoms. The predicted molar refractivity (Wildman–Crippen MR) is 130 cm³/mol. The van der Waals surface area contributed by atoms with Gasteiger partial charge in [0, 0.05) is 5.92 Å². The molecule has 0 bridgehead atoms. The number of benzene rings is 2. The highest BCUT2D eigenvalue weighted by atomic mass is 19.2. The topological polar surface area (TPSA) is 0 Å². The van der Waals surface area contributed by atoms with Crippen LogP contribution in [0.3, 0.4) is 0 Å². The minimum Gasteiger partial charge on any atom is -0.203 e. The lowest BCUT2D eigenvalue weighted by Gasteiger charge is -2.34. The Labute approximate surface area is 192 Å². The molecule has 0 N–H and O–H groups in total. The van der Waals surface area contributed by atoms with Crippen LogP contribution in [0.1, 0.15) is 73.6 Å². The molecule has 2 heteroatoms. The zero-order valence-corrected chi connectivity index (χ0v) is 19.5. The van der Waals surface area contributed by atoms with Crippen LogP contribution in [0.4, 0.5) is 8.78 Å². The molecule has 0 heterocycles. The molecule has 0 saturated heterocycles. The smallest absolute Gasteiger partial charge is 0.162 e. The quantitative estimate of drug-likeness (QED) is 0.400. The fraction of sp³-hybridized carbons (Fsp3) is 0.467. The SMILES string of the molecule is C/C=C/C1CCC(C2C=CC(c3ccc(CCc4ccc(C)c(F)c4F)cc3)CC2)CC1. The third-order valence-corrected chi connectivity index (χ3v) is 7.73. The van der Waals surface area contributed by atoms with E-state index in [0.29, 0.717) is 23.5 Å². The number of hydrogen-bond donors (Lipinski definition) is 0. The molecule has 1 fully saturated rings. The normalized spacial score (nSPS) is 26.0. The molecule has 2 aliphatic carbocycles. The molecule has 2 unspecified atom stereocenters. The van der Waals surface area contributed by atoms with Crippen LogP contribution >= 0.6 is 0 Å². The molecule has 0 aromatic heterocycles. The Kier molecular flexibility index (Phi) is 7.60. The number of hydrogen-bond acceptors (Lipinski definition) is 0. The Morgan fingerprint density at radius 1 is 0.812 bits per heavy atom. The van der Waals surface area contributed by atoms with E-state index in [0.717, 1.165) is 24.2 Å². The molecular formula is C30H36F2.